The molecule has 0 bridgehead atoms. The Morgan fingerprint density at radius 1 is 1.16 bits per heavy atom. The van der Waals surface area contributed by atoms with Crippen molar-refractivity contribution in [3.05, 3.63) is 29.8 Å². The molecule has 0 atom stereocenters. The van der Waals surface area contributed by atoms with E-state index in [0.717, 1.165) is 6.54 Å². The molecule has 1 aliphatic rings. The van der Waals surface area contributed by atoms with Crippen molar-refractivity contribution in [3.63, 3.8) is 0 Å². The molecule has 1 aliphatic heterocycles. The first kappa shape index (κ1) is 14.4. The van der Waals surface area contributed by atoms with Crippen molar-refractivity contribution in [2.45, 2.75) is 40.0 Å². The fourth-order valence-corrected chi connectivity index (χ4v) is 3.27. The minimum Gasteiger partial charge on any atom is -0.371 e. The number of piperidine rings is 1. The van der Waals surface area contributed by atoms with E-state index in [-0.39, 0.29) is 0 Å². The molecule has 0 unspecified atom stereocenters. The number of hydrogen-bond donors (Lipinski definition) is 1. The van der Waals surface area contributed by atoms with Gasteiger partial charge in [0.15, 0.2) is 0 Å². The Morgan fingerprint density at radius 3 is 2.42 bits per heavy atom. The van der Waals surface area contributed by atoms with Crippen LogP contribution in [0.3, 0.4) is 0 Å². The van der Waals surface area contributed by atoms with Crippen LogP contribution in [-0.4, -0.2) is 26.2 Å². The lowest BCUT2D eigenvalue weighted by molar-refractivity contribution is 0.198. The van der Waals surface area contributed by atoms with Gasteiger partial charge in [0.05, 0.1) is 0 Å². The first-order valence-corrected chi connectivity index (χ1v) is 7.72. The van der Waals surface area contributed by atoms with Gasteiger partial charge >= 0.3 is 0 Å². The highest BCUT2D eigenvalue weighted by Gasteiger charge is 2.32. The van der Waals surface area contributed by atoms with Crippen LogP contribution in [0, 0.1) is 12.3 Å². The summed E-state index contributed by atoms with van der Waals surface area (Å²) in [5, 5.41) is 3.50. The van der Waals surface area contributed by atoms with Crippen LogP contribution in [0.15, 0.2) is 24.3 Å². The first-order chi connectivity index (χ1) is 9.21. The number of hydrogen-bond acceptors (Lipinski definition) is 2. The third-order valence-corrected chi connectivity index (χ3v) is 4.78. The van der Waals surface area contributed by atoms with Gasteiger partial charge in [-0.05, 0) is 63.2 Å². The van der Waals surface area contributed by atoms with Gasteiger partial charge < -0.3 is 10.2 Å². The number of para-hydroxylation sites is 1. The van der Waals surface area contributed by atoms with Gasteiger partial charge in [0, 0.05) is 18.8 Å². The summed E-state index contributed by atoms with van der Waals surface area (Å²) < 4.78 is 0. The zero-order chi connectivity index (χ0) is 13.7. The van der Waals surface area contributed by atoms with Crippen molar-refractivity contribution in [2.75, 3.05) is 31.1 Å². The molecule has 2 heteroatoms. The Hall–Kier alpha value is -1.02. The van der Waals surface area contributed by atoms with Crippen LogP contribution < -0.4 is 10.2 Å². The average molecular weight is 260 g/mol. The number of rotatable bonds is 5. The maximum atomic E-state index is 3.50. The molecular weight excluding hydrogens is 232 g/mol. The highest BCUT2D eigenvalue weighted by atomic mass is 15.1. The predicted octanol–water partition coefficient (Wildman–Crippen LogP) is 3.60. The van der Waals surface area contributed by atoms with E-state index < -0.39 is 0 Å². The number of nitrogens with one attached hydrogen (secondary N) is 1. The van der Waals surface area contributed by atoms with Crippen LogP contribution in [0.1, 0.15) is 38.7 Å². The minimum atomic E-state index is 0.504. The summed E-state index contributed by atoms with van der Waals surface area (Å²) in [6, 6.07) is 8.78. The van der Waals surface area contributed by atoms with Gasteiger partial charge in [-0.3, -0.25) is 0 Å². The first-order valence-electron chi connectivity index (χ1n) is 7.72. The molecule has 0 amide bonds. The third kappa shape index (κ3) is 3.30. The average Bonchev–Trinajstić information content (AvgIpc) is 2.47. The lowest BCUT2D eigenvalue weighted by Gasteiger charge is -2.42. The molecule has 0 aliphatic carbocycles. The molecule has 1 fully saturated rings. The fraction of sp³-hybridized carbons (Fsp3) is 0.647. The number of aryl methyl sites for hydroxylation is 1. The van der Waals surface area contributed by atoms with Crippen molar-refractivity contribution >= 4 is 5.69 Å². The van der Waals surface area contributed by atoms with E-state index in [2.05, 4.69) is 55.3 Å². The molecule has 2 rings (SSSR count). The number of anilines is 1. The molecule has 1 aromatic carbocycles. The molecule has 1 aromatic rings. The van der Waals surface area contributed by atoms with E-state index in [1.165, 1.54) is 50.1 Å². The highest BCUT2D eigenvalue weighted by Crippen LogP contribution is 2.35. The second-order valence-electron chi connectivity index (χ2n) is 5.90. The predicted molar refractivity (Wildman–Crippen MR) is 83.9 cm³/mol. The van der Waals surface area contributed by atoms with Crippen molar-refractivity contribution in [1.29, 1.82) is 0 Å². The molecule has 1 saturated heterocycles. The van der Waals surface area contributed by atoms with Gasteiger partial charge in [-0.15, -0.1) is 0 Å². The molecule has 1 N–H and O–H groups in total. The fourth-order valence-electron chi connectivity index (χ4n) is 3.27. The largest absolute Gasteiger partial charge is 0.371 e. The van der Waals surface area contributed by atoms with Crippen molar-refractivity contribution in [3.8, 4) is 0 Å². The van der Waals surface area contributed by atoms with Crippen LogP contribution in [-0.2, 0) is 0 Å². The topological polar surface area (TPSA) is 15.3 Å². The van der Waals surface area contributed by atoms with Gasteiger partial charge in [-0.2, -0.15) is 0 Å². The number of benzene rings is 1. The van der Waals surface area contributed by atoms with E-state index in [1.54, 1.807) is 0 Å². The van der Waals surface area contributed by atoms with Crippen molar-refractivity contribution in [1.82, 2.24) is 5.32 Å². The Labute approximate surface area is 118 Å². The maximum Gasteiger partial charge on any atom is 0.0395 e. The summed E-state index contributed by atoms with van der Waals surface area (Å²) in [4.78, 5) is 2.57. The second kappa shape index (κ2) is 6.42. The lowest BCUT2D eigenvalue weighted by atomic mass is 9.76. The summed E-state index contributed by atoms with van der Waals surface area (Å²) in [5.74, 6) is 0. The molecule has 0 spiro atoms. The summed E-state index contributed by atoms with van der Waals surface area (Å²) in [6.07, 6.45) is 3.91. The van der Waals surface area contributed by atoms with Gasteiger partial charge in [-0.25, -0.2) is 0 Å². The van der Waals surface area contributed by atoms with E-state index in [9.17, 15) is 0 Å². The molecular formula is C17H28N2. The quantitative estimate of drug-likeness (QED) is 0.870. The smallest absolute Gasteiger partial charge is 0.0395 e. The molecule has 1 heterocycles. The van der Waals surface area contributed by atoms with Crippen LogP contribution >= 0.6 is 0 Å². The second-order valence-corrected chi connectivity index (χ2v) is 5.90. The Balaban J connectivity index is 2.16. The number of nitrogens with zero attached hydrogens (tertiary/aromatic N) is 1. The van der Waals surface area contributed by atoms with Crippen molar-refractivity contribution < 1.29 is 0 Å². The van der Waals surface area contributed by atoms with E-state index in [4.69, 9.17) is 0 Å². The zero-order valence-corrected chi connectivity index (χ0v) is 12.7. The van der Waals surface area contributed by atoms with Crippen LogP contribution in [0.2, 0.25) is 0 Å². The van der Waals surface area contributed by atoms with Gasteiger partial charge in [0.2, 0.25) is 0 Å². The molecule has 0 radical (unpaired) electrons. The van der Waals surface area contributed by atoms with E-state index in [0.29, 0.717) is 5.41 Å². The maximum absolute atomic E-state index is 3.50. The van der Waals surface area contributed by atoms with Crippen LogP contribution in [0.25, 0.3) is 0 Å². The molecule has 19 heavy (non-hydrogen) atoms. The van der Waals surface area contributed by atoms with Gasteiger partial charge in [0.25, 0.3) is 0 Å². The summed E-state index contributed by atoms with van der Waals surface area (Å²) in [7, 11) is 0. The normalized spacial score (nSPS) is 18.3. The zero-order valence-electron chi connectivity index (χ0n) is 12.7. The molecule has 106 valence electrons. The van der Waals surface area contributed by atoms with Crippen LogP contribution in [0.5, 0.6) is 0 Å². The summed E-state index contributed by atoms with van der Waals surface area (Å²) in [6.45, 7) is 11.5. The Bertz CT molecular complexity index is 394. The monoisotopic (exact) mass is 260 g/mol. The standard InChI is InChI=1S/C17H28N2/c1-4-17(10-12-18-13-11-17)14-19(5-2)16-9-7-6-8-15(16)3/h6-9,18H,4-5,10-14H2,1-3H3. The summed E-state index contributed by atoms with van der Waals surface area (Å²) in [5.41, 5.74) is 3.31. The van der Waals surface area contributed by atoms with Gasteiger partial charge in [-0.1, -0.05) is 25.1 Å². The third-order valence-electron chi connectivity index (χ3n) is 4.78. The van der Waals surface area contributed by atoms with Gasteiger partial charge in [0.1, 0.15) is 0 Å². The summed E-state index contributed by atoms with van der Waals surface area (Å²) >= 11 is 0. The Morgan fingerprint density at radius 2 is 1.84 bits per heavy atom. The lowest BCUT2D eigenvalue weighted by Crippen LogP contribution is -2.44. The minimum absolute atomic E-state index is 0.504. The Kier molecular flexibility index (Phi) is 4.87. The highest BCUT2D eigenvalue weighted by molar-refractivity contribution is 5.53. The molecule has 0 aromatic heterocycles. The molecule has 0 saturated carbocycles. The molecule has 2 nitrogen and oxygen atoms in total. The SMILES string of the molecule is CCN(CC1(CC)CCNCC1)c1ccccc1C. The van der Waals surface area contributed by atoms with Crippen LogP contribution in [0.4, 0.5) is 5.69 Å². The van der Waals surface area contributed by atoms with E-state index >= 15 is 0 Å². The van der Waals surface area contributed by atoms with E-state index in [1.807, 2.05) is 0 Å². The van der Waals surface area contributed by atoms with Crippen molar-refractivity contribution in [2.24, 2.45) is 5.41 Å².